The molecule has 1 saturated heterocycles. The van der Waals surface area contributed by atoms with Crippen molar-refractivity contribution < 1.29 is 13.9 Å². The molecular formula is C17H22N4O3. The summed E-state index contributed by atoms with van der Waals surface area (Å²) in [6.45, 7) is 7.90. The molecular weight excluding hydrogens is 308 g/mol. The highest BCUT2D eigenvalue weighted by atomic mass is 16.5. The van der Waals surface area contributed by atoms with Gasteiger partial charge in [-0.05, 0) is 39.0 Å². The van der Waals surface area contributed by atoms with Crippen molar-refractivity contribution in [3.63, 3.8) is 0 Å². The first-order valence-electron chi connectivity index (χ1n) is 8.04. The molecule has 1 amide bonds. The van der Waals surface area contributed by atoms with Crippen molar-refractivity contribution in [1.82, 2.24) is 19.7 Å². The van der Waals surface area contributed by atoms with Crippen LogP contribution in [0.15, 0.2) is 22.6 Å². The Bertz CT molecular complexity index is 747. The first kappa shape index (κ1) is 16.4. The van der Waals surface area contributed by atoms with E-state index in [9.17, 15) is 4.79 Å². The van der Waals surface area contributed by atoms with E-state index in [1.807, 2.05) is 37.6 Å². The van der Waals surface area contributed by atoms with Crippen molar-refractivity contribution in [2.75, 3.05) is 19.7 Å². The van der Waals surface area contributed by atoms with E-state index >= 15 is 0 Å². The number of aryl methyl sites for hydroxylation is 3. The summed E-state index contributed by atoms with van der Waals surface area (Å²) in [5.41, 5.74) is 0. The number of aromatic nitrogens is 3. The molecule has 3 heterocycles. The van der Waals surface area contributed by atoms with Crippen molar-refractivity contribution in [1.29, 1.82) is 0 Å². The lowest BCUT2D eigenvalue weighted by Gasteiger charge is -2.32. The SMILES string of the molecule is Cc1nc(C)n(CC2CN(C(=O)C=Cc3ccc(C)o3)CCO2)n1. The van der Waals surface area contributed by atoms with Crippen LogP contribution in [0.5, 0.6) is 0 Å². The third-order valence-corrected chi connectivity index (χ3v) is 3.94. The van der Waals surface area contributed by atoms with Crippen molar-refractivity contribution in [2.24, 2.45) is 0 Å². The molecule has 0 saturated carbocycles. The second-order valence-electron chi connectivity index (χ2n) is 5.95. The number of morpholine rings is 1. The summed E-state index contributed by atoms with van der Waals surface area (Å²) in [5.74, 6) is 3.07. The summed E-state index contributed by atoms with van der Waals surface area (Å²) in [6, 6.07) is 3.72. The Kier molecular flexibility index (Phi) is 4.80. The lowest BCUT2D eigenvalue weighted by atomic mass is 10.2. The molecule has 1 aliphatic heterocycles. The van der Waals surface area contributed by atoms with E-state index in [0.717, 1.165) is 17.4 Å². The van der Waals surface area contributed by atoms with Crippen LogP contribution in [0.2, 0.25) is 0 Å². The number of rotatable bonds is 4. The standard InChI is InChI=1S/C17H22N4O3/c1-12-4-5-15(24-12)6-7-17(22)20-8-9-23-16(10-20)11-21-14(3)18-13(2)19-21/h4-7,16H,8-11H2,1-3H3. The van der Waals surface area contributed by atoms with E-state index in [0.29, 0.717) is 32.0 Å². The van der Waals surface area contributed by atoms with Gasteiger partial charge in [0, 0.05) is 19.2 Å². The van der Waals surface area contributed by atoms with E-state index < -0.39 is 0 Å². The number of hydrogen-bond donors (Lipinski definition) is 0. The Hall–Kier alpha value is -2.41. The molecule has 2 aromatic rings. The predicted molar refractivity (Wildman–Crippen MR) is 88.3 cm³/mol. The van der Waals surface area contributed by atoms with Gasteiger partial charge in [-0.15, -0.1) is 0 Å². The van der Waals surface area contributed by atoms with Gasteiger partial charge in [-0.3, -0.25) is 4.79 Å². The molecule has 0 spiro atoms. The quantitative estimate of drug-likeness (QED) is 0.798. The third kappa shape index (κ3) is 3.91. The van der Waals surface area contributed by atoms with Crippen molar-refractivity contribution >= 4 is 12.0 Å². The fourth-order valence-corrected chi connectivity index (χ4v) is 2.76. The number of amides is 1. The maximum Gasteiger partial charge on any atom is 0.246 e. The van der Waals surface area contributed by atoms with E-state index in [4.69, 9.17) is 9.15 Å². The number of hydrogen-bond acceptors (Lipinski definition) is 5. The van der Waals surface area contributed by atoms with Gasteiger partial charge in [-0.1, -0.05) is 0 Å². The number of furan rings is 1. The normalized spacial score (nSPS) is 18.5. The summed E-state index contributed by atoms with van der Waals surface area (Å²) in [5, 5.41) is 4.35. The Morgan fingerprint density at radius 3 is 2.88 bits per heavy atom. The molecule has 0 bridgehead atoms. The number of nitrogens with zero attached hydrogens (tertiary/aromatic N) is 4. The fourth-order valence-electron chi connectivity index (χ4n) is 2.76. The maximum absolute atomic E-state index is 12.4. The molecule has 1 atom stereocenters. The van der Waals surface area contributed by atoms with Gasteiger partial charge in [-0.25, -0.2) is 9.67 Å². The largest absolute Gasteiger partial charge is 0.462 e. The maximum atomic E-state index is 12.4. The Morgan fingerprint density at radius 2 is 2.21 bits per heavy atom. The van der Waals surface area contributed by atoms with Crippen LogP contribution in [-0.2, 0) is 16.1 Å². The Morgan fingerprint density at radius 1 is 1.38 bits per heavy atom. The van der Waals surface area contributed by atoms with Crippen LogP contribution in [0.3, 0.4) is 0 Å². The molecule has 3 rings (SSSR count). The van der Waals surface area contributed by atoms with E-state index in [-0.39, 0.29) is 12.0 Å². The summed E-state index contributed by atoms with van der Waals surface area (Å²) >= 11 is 0. The summed E-state index contributed by atoms with van der Waals surface area (Å²) in [4.78, 5) is 18.4. The van der Waals surface area contributed by atoms with Gasteiger partial charge in [-0.2, -0.15) is 5.10 Å². The molecule has 128 valence electrons. The van der Waals surface area contributed by atoms with Crippen molar-refractivity contribution in [3.05, 3.63) is 41.4 Å². The average Bonchev–Trinajstić information content (AvgIpc) is 3.10. The Balaban J connectivity index is 1.59. The van der Waals surface area contributed by atoms with E-state index in [1.54, 1.807) is 17.1 Å². The topological polar surface area (TPSA) is 73.4 Å². The lowest BCUT2D eigenvalue weighted by Crippen LogP contribution is -2.46. The molecule has 24 heavy (non-hydrogen) atoms. The zero-order valence-corrected chi connectivity index (χ0v) is 14.2. The van der Waals surface area contributed by atoms with Gasteiger partial charge in [0.25, 0.3) is 0 Å². The summed E-state index contributed by atoms with van der Waals surface area (Å²) in [6.07, 6.45) is 3.16. The highest BCUT2D eigenvalue weighted by molar-refractivity contribution is 5.91. The second kappa shape index (κ2) is 7.00. The minimum absolute atomic E-state index is 0.0381. The molecule has 0 radical (unpaired) electrons. The van der Waals surface area contributed by atoms with Crippen molar-refractivity contribution in [3.8, 4) is 0 Å². The van der Waals surface area contributed by atoms with Crippen molar-refractivity contribution in [2.45, 2.75) is 33.4 Å². The van der Waals surface area contributed by atoms with Crippen LogP contribution >= 0.6 is 0 Å². The zero-order valence-electron chi connectivity index (χ0n) is 14.2. The van der Waals surface area contributed by atoms with Crippen LogP contribution in [0, 0.1) is 20.8 Å². The number of carbonyl (C=O) groups excluding carboxylic acids is 1. The molecule has 2 aromatic heterocycles. The van der Waals surface area contributed by atoms with Gasteiger partial charge < -0.3 is 14.1 Å². The smallest absolute Gasteiger partial charge is 0.246 e. The zero-order chi connectivity index (χ0) is 17.1. The summed E-state index contributed by atoms with van der Waals surface area (Å²) in [7, 11) is 0. The minimum atomic E-state index is -0.0817. The van der Waals surface area contributed by atoms with Crippen LogP contribution < -0.4 is 0 Å². The molecule has 0 N–H and O–H groups in total. The van der Waals surface area contributed by atoms with Crippen LogP contribution in [-0.4, -0.2) is 51.4 Å². The van der Waals surface area contributed by atoms with E-state index in [2.05, 4.69) is 10.1 Å². The van der Waals surface area contributed by atoms with Gasteiger partial charge in [0.15, 0.2) is 0 Å². The molecule has 0 aromatic carbocycles. The molecule has 7 heteroatoms. The predicted octanol–water partition coefficient (Wildman–Crippen LogP) is 1.74. The first-order valence-corrected chi connectivity index (χ1v) is 8.04. The van der Waals surface area contributed by atoms with Gasteiger partial charge in [0.05, 0.1) is 19.3 Å². The van der Waals surface area contributed by atoms with Gasteiger partial charge >= 0.3 is 0 Å². The van der Waals surface area contributed by atoms with Gasteiger partial charge in [0.1, 0.15) is 23.2 Å². The van der Waals surface area contributed by atoms with Gasteiger partial charge in [0.2, 0.25) is 5.91 Å². The lowest BCUT2D eigenvalue weighted by molar-refractivity contribution is -0.134. The molecule has 1 aliphatic rings. The Labute approximate surface area is 140 Å². The highest BCUT2D eigenvalue weighted by Gasteiger charge is 2.24. The highest BCUT2D eigenvalue weighted by Crippen LogP contribution is 2.11. The first-order chi connectivity index (χ1) is 11.5. The molecule has 7 nitrogen and oxygen atoms in total. The fraction of sp³-hybridized carbons (Fsp3) is 0.471. The monoisotopic (exact) mass is 330 g/mol. The van der Waals surface area contributed by atoms with Crippen LogP contribution in [0.25, 0.3) is 6.08 Å². The average molecular weight is 330 g/mol. The molecule has 0 aliphatic carbocycles. The van der Waals surface area contributed by atoms with E-state index in [1.165, 1.54) is 0 Å². The molecule has 1 unspecified atom stereocenters. The number of carbonyl (C=O) groups is 1. The van der Waals surface area contributed by atoms with Crippen LogP contribution in [0.1, 0.15) is 23.2 Å². The second-order valence-corrected chi connectivity index (χ2v) is 5.95. The minimum Gasteiger partial charge on any atom is -0.462 e. The summed E-state index contributed by atoms with van der Waals surface area (Å²) < 4.78 is 13.0. The third-order valence-electron chi connectivity index (χ3n) is 3.94. The number of ether oxygens (including phenoxy) is 1. The van der Waals surface area contributed by atoms with Crippen LogP contribution in [0.4, 0.5) is 0 Å². The molecule has 1 fully saturated rings.